The summed E-state index contributed by atoms with van der Waals surface area (Å²) in [6.07, 6.45) is 3.84. The fourth-order valence-electron chi connectivity index (χ4n) is 0.333. The fourth-order valence-corrected chi connectivity index (χ4v) is 1.21. The van der Waals surface area contributed by atoms with Crippen LogP contribution in [-0.4, -0.2) is 29.2 Å². The first kappa shape index (κ1) is 21.6. The first-order valence-electron chi connectivity index (χ1n) is 4.02. The minimum absolute atomic E-state index is 0.0509. The fraction of sp³-hybridized carbons (Fsp3) is 0.750. The normalized spacial score (nSPS) is 9.93. The van der Waals surface area contributed by atoms with Gasteiger partial charge in [-0.25, -0.2) is 0 Å². The van der Waals surface area contributed by atoms with Gasteiger partial charge in [0.1, 0.15) is 12.6 Å². The first-order chi connectivity index (χ1) is 7.22. The van der Waals surface area contributed by atoms with Crippen LogP contribution < -0.4 is 0 Å². The zero-order valence-electron chi connectivity index (χ0n) is 7.97. The van der Waals surface area contributed by atoms with Gasteiger partial charge >= 0.3 is 0 Å². The van der Waals surface area contributed by atoms with E-state index in [2.05, 4.69) is 44.2 Å². The predicted molar refractivity (Wildman–Crippen MR) is 78.0 cm³/mol. The maximum atomic E-state index is 9.79. The van der Waals surface area contributed by atoms with Gasteiger partial charge in [0.25, 0.3) is 0 Å². The molecule has 2 nitrogen and oxygen atoms in total. The molecule has 0 aliphatic heterocycles. The number of carbonyl (C=O) groups is 2. The van der Waals surface area contributed by atoms with Gasteiger partial charge in [0.15, 0.2) is 0 Å². The van der Waals surface area contributed by atoms with Crippen molar-refractivity contribution in [3.8, 4) is 0 Å². The van der Waals surface area contributed by atoms with Gasteiger partial charge in [-0.3, -0.25) is 0 Å². The van der Waals surface area contributed by atoms with Gasteiger partial charge in [0.05, 0.1) is 4.83 Å². The summed E-state index contributed by atoms with van der Waals surface area (Å²) in [6, 6.07) is 0. The third-order valence-electron chi connectivity index (χ3n) is 0.988. The molecule has 15 heavy (non-hydrogen) atoms. The number of aldehydes is 2. The second-order valence-corrected chi connectivity index (χ2v) is 4.06. The third kappa shape index (κ3) is 31.3. The number of hydrogen-bond acceptors (Lipinski definition) is 2. The largest absolute Gasteiger partial charge is 0.303 e. The van der Waals surface area contributed by atoms with Crippen LogP contribution in [0.4, 0.5) is 0 Å². The Morgan fingerprint density at radius 2 is 1.67 bits per heavy atom. The summed E-state index contributed by atoms with van der Waals surface area (Å²) >= 11 is 19.1. The van der Waals surface area contributed by atoms with Gasteiger partial charge in [0.2, 0.25) is 0 Å². The lowest BCUT2D eigenvalue weighted by molar-refractivity contribution is -0.108. The van der Waals surface area contributed by atoms with E-state index in [0.29, 0.717) is 24.6 Å². The van der Waals surface area contributed by atoms with E-state index in [1.165, 1.54) is 0 Å². The molecule has 0 bridgehead atoms. The van der Waals surface area contributed by atoms with Crippen molar-refractivity contribution in [3.05, 3.63) is 0 Å². The number of unbranched alkanes of at least 4 members (excludes halogenated alkanes) is 1. The van der Waals surface area contributed by atoms with Crippen LogP contribution in [-0.2, 0) is 9.59 Å². The molecular weight excluding hydrogens is 439 g/mol. The number of hydrogen-bond donors (Lipinski definition) is 0. The molecule has 92 valence electrons. The van der Waals surface area contributed by atoms with E-state index < -0.39 is 0 Å². The Kier molecular flexibility index (Phi) is 35.4. The highest BCUT2D eigenvalue weighted by molar-refractivity contribution is 9.93. The molecule has 0 heterocycles. The van der Waals surface area contributed by atoms with Crippen molar-refractivity contribution in [3.63, 3.8) is 0 Å². The molecule has 0 amide bonds. The van der Waals surface area contributed by atoms with Crippen LogP contribution in [0.1, 0.15) is 19.3 Å². The Hall–Kier alpha value is 1.36. The summed E-state index contributed by atoms with van der Waals surface area (Å²) in [5.74, 6) is 1.13. The average molecular weight is 452 g/mol. The van der Waals surface area contributed by atoms with Crippen LogP contribution in [0, 0.1) is 0 Å². The summed E-state index contributed by atoms with van der Waals surface area (Å²) in [6.45, 7) is 0. The van der Waals surface area contributed by atoms with Crippen LogP contribution in [0.2, 0.25) is 0 Å². The molecule has 0 aliphatic carbocycles. The average Bonchev–Trinajstić information content (AvgIpc) is 2.30. The lowest BCUT2D eigenvalue weighted by atomic mass is 10.4. The van der Waals surface area contributed by atoms with Crippen molar-refractivity contribution < 1.29 is 9.59 Å². The Bertz CT molecular complexity index is 128. The lowest BCUT2D eigenvalue weighted by Crippen LogP contribution is -1.97. The quantitative estimate of drug-likeness (QED) is 0.339. The Morgan fingerprint density at radius 3 is 1.80 bits per heavy atom. The molecule has 0 radical (unpaired) electrons. The number of alkyl halides is 3. The molecule has 0 N–H and O–H groups in total. The predicted octanol–water partition coefficient (Wildman–Crippen LogP) is 4.47. The van der Waals surface area contributed by atoms with Gasteiger partial charge in [-0.1, -0.05) is 15.9 Å². The van der Waals surface area contributed by atoms with Crippen molar-refractivity contribution in [1.29, 1.82) is 0 Å². The lowest BCUT2D eigenvalue weighted by Gasteiger charge is -1.91. The van der Waals surface area contributed by atoms with E-state index >= 15 is 0 Å². The maximum absolute atomic E-state index is 9.79. The van der Waals surface area contributed by atoms with Gasteiger partial charge in [-0.15, -0.1) is 23.2 Å². The molecule has 0 aliphatic rings. The van der Waals surface area contributed by atoms with Crippen LogP contribution in [0.5, 0.6) is 0 Å². The van der Waals surface area contributed by atoms with Gasteiger partial charge in [-0.05, 0) is 12.8 Å². The molecule has 1 unspecified atom stereocenters. The SMILES string of the molecule is BrBr.O=CC(Br)CCCl.O=CCCCCl. The molecule has 0 aromatic carbocycles. The van der Waals surface area contributed by atoms with Crippen LogP contribution in [0.25, 0.3) is 0 Å². The third-order valence-corrected chi connectivity index (χ3v) is 2.15. The molecule has 0 aromatic heterocycles. The van der Waals surface area contributed by atoms with E-state index in [-0.39, 0.29) is 4.83 Å². The van der Waals surface area contributed by atoms with Crippen LogP contribution >= 0.6 is 67.4 Å². The van der Waals surface area contributed by atoms with Gasteiger partial charge in [0, 0.05) is 46.4 Å². The smallest absolute Gasteiger partial charge is 0.133 e. The first-order valence-corrected chi connectivity index (χ1v) is 9.72. The monoisotopic (exact) mass is 448 g/mol. The molecule has 1 atom stereocenters. The molecule has 7 heteroatoms. The van der Waals surface area contributed by atoms with Crippen molar-refractivity contribution in [1.82, 2.24) is 0 Å². The highest BCUT2D eigenvalue weighted by Gasteiger charge is 1.96. The van der Waals surface area contributed by atoms with Crippen molar-refractivity contribution >= 4 is 80.0 Å². The molecule has 0 fully saturated rings. The zero-order valence-corrected chi connectivity index (χ0v) is 14.2. The summed E-state index contributed by atoms with van der Waals surface area (Å²) in [5, 5.41) is 0. The number of rotatable bonds is 6. The summed E-state index contributed by atoms with van der Waals surface area (Å²) in [4.78, 5) is 19.2. The summed E-state index contributed by atoms with van der Waals surface area (Å²) in [7, 11) is 0. The van der Waals surface area contributed by atoms with Crippen molar-refractivity contribution in [2.45, 2.75) is 24.1 Å². The minimum atomic E-state index is -0.0509. The van der Waals surface area contributed by atoms with E-state index in [1.54, 1.807) is 0 Å². The molecular formula is C8H13Br3Cl2O2. The molecule has 0 rings (SSSR count). The highest BCUT2D eigenvalue weighted by Crippen LogP contribution is 2.01. The molecule has 0 saturated carbocycles. The molecule has 0 aromatic rings. The standard InChI is InChI=1S/C4H6BrClO.C4H7ClO.Br2/c5-4(3-7)1-2-6;5-3-1-2-4-6;1-2/h3-4H,1-2H2;4H,1-3H2;. The highest BCUT2D eigenvalue weighted by atomic mass is 80.9. The van der Waals surface area contributed by atoms with Crippen molar-refractivity contribution in [2.24, 2.45) is 0 Å². The molecule has 0 spiro atoms. The second-order valence-electron chi connectivity index (χ2n) is 2.13. The van der Waals surface area contributed by atoms with E-state index in [0.717, 1.165) is 19.0 Å². The Morgan fingerprint density at radius 1 is 1.13 bits per heavy atom. The van der Waals surface area contributed by atoms with Gasteiger partial charge < -0.3 is 9.59 Å². The topological polar surface area (TPSA) is 34.1 Å². The maximum Gasteiger partial charge on any atom is 0.133 e. The number of carbonyl (C=O) groups excluding carboxylic acids is 2. The summed E-state index contributed by atoms with van der Waals surface area (Å²) in [5.41, 5.74) is 0. The van der Waals surface area contributed by atoms with E-state index in [4.69, 9.17) is 23.2 Å². The van der Waals surface area contributed by atoms with Gasteiger partial charge in [-0.2, -0.15) is 0 Å². The Labute approximate surface area is 124 Å². The zero-order chi connectivity index (χ0) is 12.5. The van der Waals surface area contributed by atoms with Crippen LogP contribution in [0.3, 0.4) is 0 Å². The van der Waals surface area contributed by atoms with E-state index in [9.17, 15) is 9.59 Å². The second kappa shape index (κ2) is 24.5. The minimum Gasteiger partial charge on any atom is -0.303 e. The Balaban J connectivity index is -0.000000166. The van der Waals surface area contributed by atoms with E-state index in [1.807, 2.05) is 0 Å². The van der Waals surface area contributed by atoms with Crippen molar-refractivity contribution in [2.75, 3.05) is 11.8 Å². The van der Waals surface area contributed by atoms with Crippen LogP contribution in [0.15, 0.2) is 0 Å². The number of halogens is 5. The molecule has 0 saturated heterocycles. The summed E-state index contributed by atoms with van der Waals surface area (Å²) < 4.78 is 0.